The Kier molecular flexibility index (Phi) is 5.02. The van der Waals surface area contributed by atoms with Gasteiger partial charge in [0.2, 0.25) is 10.0 Å². The van der Waals surface area contributed by atoms with Crippen molar-refractivity contribution in [1.82, 2.24) is 14.9 Å². The van der Waals surface area contributed by atoms with E-state index in [1.54, 1.807) is 0 Å². The van der Waals surface area contributed by atoms with Crippen LogP contribution >= 0.6 is 0 Å². The summed E-state index contributed by atoms with van der Waals surface area (Å²) < 4.78 is 88.2. The number of hydrogen-bond acceptors (Lipinski definition) is 7. The van der Waals surface area contributed by atoms with Gasteiger partial charge in [0.15, 0.2) is 0 Å². The zero-order valence-corrected chi connectivity index (χ0v) is 14.8. The number of hydrogen-bond donors (Lipinski definition) is 2. The quantitative estimate of drug-likeness (QED) is 0.342. The van der Waals surface area contributed by atoms with Crippen LogP contribution < -0.4 is 10.6 Å². The number of urea groups is 1. The van der Waals surface area contributed by atoms with Gasteiger partial charge in [-0.05, 0) is 13.0 Å². The first-order chi connectivity index (χ1) is 11.7. The van der Waals surface area contributed by atoms with Gasteiger partial charge in [0.25, 0.3) is 5.91 Å². The molecule has 10 nitrogen and oxygen atoms in total. The second-order valence-electron chi connectivity index (χ2n) is 5.76. The summed E-state index contributed by atoms with van der Waals surface area (Å²) >= 11 is 0. The van der Waals surface area contributed by atoms with Gasteiger partial charge in [-0.3, -0.25) is 10.1 Å². The van der Waals surface area contributed by atoms with Crippen molar-refractivity contribution in [2.24, 2.45) is 0 Å². The van der Waals surface area contributed by atoms with Crippen molar-refractivity contribution >= 4 is 32.1 Å². The Hall–Kier alpha value is -1.87. The number of carbonyl (C=O) groups excluding carboxylic acids is 2. The maximum Gasteiger partial charge on any atom is 0.534 e. The molecule has 0 saturated carbocycles. The van der Waals surface area contributed by atoms with E-state index in [9.17, 15) is 39.6 Å². The second kappa shape index (κ2) is 6.38. The number of carbonyl (C=O) groups is 2. The first kappa shape index (κ1) is 20.4. The van der Waals surface area contributed by atoms with Gasteiger partial charge in [-0.15, -0.1) is 0 Å². The lowest BCUT2D eigenvalue weighted by molar-refractivity contribution is -0.122. The van der Waals surface area contributed by atoms with Gasteiger partial charge in [0.05, 0.1) is 5.75 Å². The Morgan fingerprint density at radius 3 is 2.31 bits per heavy atom. The Balaban J connectivity index is 2.08. The number of alkyl halides is 3. The zero-order chi connectivity index (χ0) is 20.0. The summed E-state index contributed by atoms with van der Waals surface area (Å²) in [6.45, 7) is 0.402. The molecule has 2 aliphatic heterocycles. The lowest BCUT2D eigenvalue weighted by atomic mass is 10.1. The number of rotatable bonds is 5. The Labute approximate surface area is 146 Å². The first-order valence-corrected chi connectivity index (χ1v) is 9.99. The van der Waals surface area contributed by atoms with Crippen LogP contribution in [0.25, 0.3) is 0 Å². The van der Waals surface area contributed by atoms with Crippen LogP contribution in [0.3, 0.4) is 0 Å². The van der Waals surface area contributed by atoms with Gasteiger partial charge >= 0.3 is 21.7 Å². The average molecular weight is 421 g/mol. The zero-order valence-electron chi connectivity index (χ0n) is 13.2. The Morgan fingerprint density at radius 2 is 1.88 bits per heavy atom. The van der Waals surface area contributed by atoms with Crippen LogP contribution in [0.4, 0.5) is 18.0 Å². The van der Waals surface area contributed by atoms with Gasteiger partial charge < -0.3 is 9.50 Å². The van der Waals surface area contributed by atoms with Crippen LogP contribution in [0, 0.1) is 0 Å². The molecule has 26 heavy (non-hydrogen) atoms. The number of amides is 3. The molecule has 0 bridgehead atoms. The van der Waals surface area contributed by atoms with Crippen LogP contribution in [0.15, 0.2) is 11.8 Å². The largest absolute Gasteiger partial charge is 0.534 e. The van der Waals surface area contributed by atoms with Gasteiger partial charge in [-0.25, -0.2) is 13.2 Å². The second-order valence-corrected chi connectivity index (χ2v) is 9.26. The third-order valence-electron chi connectivity index (χ3n) is 3.61. The van der Waals surface area contributed by atoms with Crippen molar-refractivity contribution in [1.29, 1.82) is 0 Å². The van der Waals surface area contributed by atoms with E-state index in [1.165, 1.54) is 6.92 Å². The van der Waals surface area contributed by atoms with Crippen molar-refractivity contribution in [3.63, 3.8) is 0 Å². The van der Waals surface area contributed by atoms with E-state index >= 15 is 0 Å². The molecule has 1 saturated heterocycles. The van der Waals surface area contributed by atoms with Crippen LogP contribution in [-0.2, 0) is 29.1 Å². The summed E-state index contributed by atoms with van der Waals surface area (Å²) in [7, 11) is -9.92. The SMILES string of the molecule is C[C@]1(CS(=O)(=O)N2CC=C(OS(=O)(=O)C(F)(F)F)CC2)NC(=O)NC1=O. The Bertz CT molecular complexity index is 866. The number of nitrogens with zero attached hydrogens (tertiary/aromatic N) is 1. The van der Waals surface area contributed by atoms with E-state index in [2.05, 4.69) is 9.50 Å². The molecule has 0 radical (unpaired) electrons. The van der Waals surface area contributed by atoms with Crippen molar-refractivity contribution in [3.05, 3.63) is 11.8 Å². The molecular weight excluding hydrogens is 407 g/mol. The number of nitrogens with one attached hydrogen (secondary N) is 2. The fourth-order valence-electron chi connectivity index (χ4n) is 2.29. The van der Waals surface area contributed by atoms with Crippen LogP contribution in [-0.4, -0.2) is 63.0 Å². The maximum absolute atomic E-state index is 12.4. The first-order valence-electron chi connectivity index (χ1n) is 6.97. The molecule has 2 N–H and O–H groups in total. The minimum Gasteiger partial charge on any atom is -0.381 e. The molecule has 0 aromatic carbocycles. The summed E-state index contributed by atoms with van der Waals surface area (Å²) in [5, 5.41) is 4.08. The Morgan fingerprint density at radius 1 is 1.27 bits per heavy atom. The van der Waals surface area contributed by atoms with E-state index in [0.717, 1.165) is 10.4 Å². The van der Waals surface area contributed by atoms with E-state index in [4.69, 9.17) is 0 Å². The lowest BCUT2D eigenvalue weighted by Crippen LogP contribution is -2.53. The van der Waals surface area contributed by atoms with E-state index < -0.39 is 67.6 Å². The molecule has 0 spiro atoms. The van der Waals surface area contributed by atoms with Crippen molar-refractivity contribution in [2.45, 2.75) is 24.4 Å². The van der Waals surface area contributed by atoms with Crippen molar-refractivity contribution in [2.75, 3.05) is 18.8 Å². The molecule has 148 valence electrons. The average Bonchev–Trinajstić information content (AvgIpc) is 2.69. The summed E-state index contributed by atoms with van der Waals surface area (Å²) in [5.74, 6) is -2.14. The standard InChI is InChI=1S/C11H14F3N3O7S2/c1-10(8(18)15-9(19)16-10)6-25(20,21)17-4-2-7(3-5-17)24-26(22,23)11(12,13)14/h2H,3-6H2,1H3,(H2,15,16,18,19)/t10-/m1/s1. The highest BCUT2D eigenvalue weighted by Gasteiger charge is 2.49. The third kappa shape index (κ3) is 4.09. The van der Waals surface area contributed by atoms with Gasteiger partial charge in [0, 0.05) is 19.5 Å². The van der Waals surface area contributed by atoms with Crippen LogP contribution in [0.5, 0.6) is 0 Å². The maximum atomic E-state index is 12.4. The molecule has 0 aliphatic carbocycles. The van der Waals surface area contributed by atoms with E-state index in [1.807, 2.05) is 5.32 Å². The highest BCUT2D eigenvalue weighted by Crippen LogP contribution is 2.29. The fourth-order valence-corrected chi connectivity index (χ4v) is 4.60. The monoisotopic (exact) mass is 421 g/mol. The number of halogens is 3. The minimum absolute atomic E-state index is 0.354. The molecule has 0 aromatic heterocycles. The number of sulfonamides is 1. The summed E-state index contributed by atoms with van der Waals surface area (Å²) in [6, 6.07) is -0.848. The molecular formula is C11H14F3N3O7S2. The van der Waals surface area contributed by atoms with E-state index in [-0.39, 0.29) is 6.54 Å². The highest BCUT2D eigenvalue weighted by molar-refractivity contribution is 7.89. The van der Waals surface area contributed by atoms with Gasteiger partial charge in [0.1, 0.15) is 11.3 Å². The smallest absolute Gasteiger partial charge is 0.381 e. The third-order valence-corrected chi connectivity index (χ3v) is 6.67. The minimum atomic E-state index is -5.83. The predicted molar refractivity (Wildman–Crippen MR) is 79.2 cm³/mol. The van der Waals surface area contributed by atoms with Crippen molar-refractivity contribution in [3.8, 4) is 0 Å². The van der Waals surface area contributed by atoms with Crippen LogP contribution in [0.2, 0.25) is 0 Å². The molecule has 3 amide bonds. The van der Waals surface area contributed by atoms with Crippen molar-refractivity contribution < 1.29 is 43.8 Å². The molecule has 0 aromatic rings. The molecule has 1 atom stereocenters. The molecule has 1 fully saturated rings. The fraction of sp³-hybridized carbons (Fsp3) is 0.636. The molecule has 15 heteroatoms. The summed E-state index contributed by atoms with van der Waals surface area (Å²) in [6.07, 6.45) is 0.476. The topological polar surface area (TPSA) is 139 Å². The predicted octanol–water partition coefficient (Wildman–Crippen LogP) is -0.630. The molecule has 2 aliphatic rings. The number of imide groups is 1. The summed E-state index contributed by atoms with van der Waals surface area (Å²) in [4.78, 5) is 22.8. The lowest BCUT2D eigenvalue weighted by Gasteiger charge is -2.29. The van der Waals surface area contributed by atoms with Gasteiger partial charge in [-0.1, -0.05) is 0 Å². The summed E-state index contributed by atoms with van der Waals surface area (Å²) in [5.41, 5.74) is -7.30. The highest BCUT2D eigenvalue weighted by atomic mass is 32.2. The molecule has 0 unspecified atom stereocenters. The van der Waals surface area contributed by atoms with E-state index in [0.29, 0.717) is 0 Å². The molecule has 2 rings (SSSR count). The van der Waals surface area contributed by atoms with Gasteiger partial charge in [-0.2, -0.15) is 25.9 Å². The van der Waals surface area contributed by atoms with Crippen LogP contribution in [0.1, 0.15) is 13.3 Å². The molecule has 2 heterocycles. The normalized spacial score (nSPS) is 25.5.